The normalized spacial score (nSPS) is 18.5. The molecule has 110 valence electrons. The first-order valence-electron chi connectivity index (χ1n) is 7.15. The molecule has 0 fully saturated rings. The van der Waals surface area contributed by atoms with Crippen molar-refractivity contribution < 1.29 is 5.11 Å². The van der Waals surface area contributed by atoms with E-state index in [1.54, 1.807) is 0 Å². The Bertz CT molecular complexity index is 240. The van der Waals surface area contributed by atoms with Gasteiger partial charge < -0.3 is 15.1 Å². The molecule has 0 aromatic rings. The van der Waals surface area contributed by atoms with Crippen LogP contribution < -0.4 is 9.96 Å². The molecule has 0 spiro atoms. The van der Waals surface area contributed by atoms with Gasteiger partial charge in [-0.15, -0.1) is 0 Å². The summed E-state index contributed by atoms with van der Waals surface area (Å²) in [5.41, 5.74) is 0. The summed E-state index contributed by atoms with van der Waals surface area (Å²) in [4.78, 5) is 0. The lowest BCUT2D eigenvalue weighted by Crippen LogP contribution is -2.59. The second kappa shape index (κ2) is 7.19. The van der Waals surface area contributed by atoms with Crippen LogP contribution in [0, 0.1) is 0 Å². The summed E-state index contributed by atoms with van der Waals surface area (Å²) in [6.07, 6.45) is 0.610. The summed E-state index contributed by atoms with van der Waals surface area (Å²) >= 11 is 0. The Morgan fingerprint density at radius 2 is 1.44 bits per heavy atom. The predicted molar refractivity (Wildman–Crippen MR) is 87.1 cm³/mol. The Morgan fingerprint density at radius 1 is 0.944 bits per heavy atom. The molecule has 0 heterocycles. The van der Waals surface area contributed by atoms with Gasteiger partial charge in [-0.05, 0) is 33.2 Å². The van der Waals surface area contributed by atoms with Crippen molar-refractivity contribution in [3.63, 3.8) is 0 Å². The second-order valence-electron chi connectivity index (χ2n) is 7.52. The van der Waals surface area contributed by atoms with Crippen LogP contribution in [0.1, 0.15) is 27.2 Å². The summed E-state index contributed by atoms with van der Waals surface area (Å²) in [6.45, 7) is 18.2. The van der Waals surface area contributed by atoms with Crippen LogP contribution >= 0.6 is 0 Å². The fourth-order valence-corrected chi connectivity index (χ4v) is 13.1. The molecule has 0 aliphatic heterocycles. The van der Waals surface area contributed by atoms with E-state index in [-0.39, 0.29) is 6.10 Å². The van der Waals surface area contributed by atoms with Crippen LogP contribution in [0.15, 0.2) is 0 Å². The summed E-state index contributed by atoms with van der Waals surface area (Å²) < 4.78 is 3.93. The van der Waals surface area contributed by atoms with Crippen LogP contribution in [0.2, 0.25) is 38.8 Å². The van der Waals surface area contributed by atoms with E-state index in [0.717, 1.165) is 6.42 Å². The van der Waals surface area contributed by atoms with Crippen molar-refractivity contribution in [2.75, 3.05) is 0 Å². The molecule has 0 aliphatic rings. The van der Waals surface area contributed by atoms with Gasteiger partial charge in [-0.3, -0.25) is 0 Å². The minimum atomic E-state index is -1.32. The Kier molecular flexibility index (Phi) is 7.32. The quantitative estimate of drug-likeness (QED) is 0.602. The van der Waals surface area contributed by atoms with Crippen molar-refractivity contribution in [1.82, 2.24) is 9.96 Å². The highest BCUT2D eigenvalue weighted by Crippen LogP contribution is 2.13. The predicted octanol–water partition coefficient (Wildman–Crippen LogP) is 2.75. The topological polar surface area (TPSA) is 44.3 Å². The highest BCUT2D eigenvalue weighted by Gasteiger charge is 2.29. The SMILES string of the molecule is CC(O)CC(C)NC(C)C[Si](C)(C)N[Si](C)(C)C. The van der Waals surface area contributed by atoms with Crippen molar-refractivity contribution >= 4 is 16.5 Å². The number of hydrogen-bond acceptors (Lipinski definition) is 3. The van der Waals surface area contributed by atoms with Gasteiger partial charge in [0.1, 0.15) is 16.5 Å². The average Bonchev–Trinajstić information content (AvgIpc) is 1.92. The molecule has 3 nitrogen and oxygen atoms in total. The molecule has 3 atom stereocenters. The molecule has 0 amide bonds. The minimum Gasteiger partial charge on any atom is -0.393 e. The number of aliphatic hydroxyl groups excluding tert-OH is 1. The maximum atomic E-state index is 9.38. The minimum absolute atomic E-state index is 0.218. The van der Waals surface area contributed by atoms with Crippen molar-refractivity contribution in [1.29, 1.82) is 0 Å². The largest absolute Gasteiger partial charge is 0.393 e. The summed E-state index contributed by atoms with van der Waals surface area (Å²) in [7, 11) is -2.50. The van der Waals surface area contributed by atoms with E-state index < -0.39 is 16.5 Å². The molecule has 3 unspecified atom stereocenters. The van der Waals surface area contributed by atoms with Gasteiger partial charge in [0.05, 0.1) is 6.10 Å². The highest BCUT2D eigenvalue weighted by molar-refractivity contribution is 6.90. The zero-order chi connectivity index (χ0) is 14.6. The Morgan fingerprint density at radius 3 is 1.83 bits per heavy atom. The first kappa shape index (κ1) is 18.3. The molecule has 5 heteroatoms. The standard InChI is InChI=1S/C13H34N2OSi2/c1-11(9-13(3)16)14-12(2)10-18(7,8)15-17(4,5)6/h11-16H,9-10H2,1-8H3. The van der Waals surface area contributed by atoms with Crippen LogP contribution in [0.4, 0.5) is 0 Å². The highest BCUT2D eigenvalue weighted by atomic mass is 28.4. The Labute approximate surface area is 116 Å². The summed E-state index contributed by atoms with van der Waals surface area (Å²) in [6, 6.07) is 2.14. The molecule has 0 aromatic carbocycles. The van der Waals surface area contributed by atoms with E-state index in [2.05, 4.69) is 56.5 Å². The maximum Gasteiger partial charge on any atom is 0.114 e. The summed E-state index contributed by atoms with van der Waals surface area (Å²) in [5.74, 6) is 0. The molecule has 0 saturated carbocycles. The third-order valence-corrected chi connectivity index (χ3v) is 10.1. The molecule has 0 saturated heterocycles. The van der Waals surface area contributed by atoms with Gasteiger partial charge in [-0.1, -0.05) is 32.7 Å². The van der Waals surface area contributed by atoms with Crippen molar-refractivity contribution in [3.05, 3.63) is 0 Å². The monoisotopic (exact) mass is 290 g/mol. The average molecular weight is 291 g/mol. The zero-order valence-electron chi connectivity index (χ0n) is 13.6. The number of nitrogens with one attached hydrogen (secondary N) is 2. The van der Waals surface area contributed by atoms with Gasteiger partial charge >= 0.3 is 0 Å². The van der Waals surface area contributed by atoms with E-state index >= 15 is 0 Å². The third-order valence-electron chi connectivity index (χ3n) is 2.79. The van der Waals surface area contributed by atoms with Crippen LogP contribution in [0.5, 0.6) is 0 Å². The number of hydrogen-bond donors (Lipinski definition) is 3. The molecule has 18 heavy (non-hydrogen) atoms. The molecule has 3 N–H and O–H groups in total. The van der Waals surface area contributed by atoms with Crippen molar-refractivity contribution in [2.45, 2.75) is 84.2 Å². The fraction of sp³-hybridized carbons (Fsp3) is 1.00. The van der Waals surface area contributed by atoms with Crippen molar-refractivity contribution in [3.8, 4) is 0 Å². The van der Waals surface area contributed by atoms with Gasteiger partial charge in [-0.25, -0.2) is 0 Å². The number of aliphatic hydroxyl groups is 1. The molecule has 0 aliphatic carbocycles. The van der Waals surface area contributed by atoms with Crippen LogP contribution in [0.3, 0.4) is 0 Å². The molecule has 0 rings (SSSR count). The zero-order valence-corrected chi connectivity index (χ0v) is 15.6. The molecule has 0 radical (unpaired) electrons. The lowest BCUT2D eigenvalue weighted by atomic mass is 10.1. The van der Waals surface area contributed by atoms with Crippen molar-refractivity contribution in [2.24, 2.45) is 0 Å². The maximum absolute atomic E-state index is 9.38. The van der Waals surface area contributed by atoms with E-state index in [9.17, 15) is 5.11 Å². The van der Waals surface area contributed by atoms with Gasteiger partial charge in [0.15, 0.2) is 0 Å². The van der Waals surface area contributed by atoms with E-state index in [4.69, 9.17) is 0 Å². The summed E-state index contributed by atoms with van der Waals surface area (Å²) in [5, 5.41) is 13.0. The fourth-order valence-electron chi connectivity index (χ4n) is 2.96. The van der Waals surface area contributed by atoms with E-state index in [0.29, 0.717) is 12.1 Å². The van der Waals surface area contributed by atoms with Gasteiger partial charge in [0, 0.05) is 12.1 Å². The smallest absolute Gasteiger partial charge is 0.114 e. The second-order valence-corrected chi connectivity index (χ2v) is 17.2. The lowest BCUT2D eigenvalue weighted by Gasteiger charge is -2.35. The Hall–Kier alpha value is 0.314. The molecular weight excluding hydrogens is 256 g/mol. The van der Waals surface area contributed by atoms with Gasteiger partial charge in [-0.2, -0.15) is 0 Å². The molecule has 0 aromatic heterocycles. The number of rotatable bonds is 8. The van der Waals surface area contributed by atoms with E-state index in [1.807, 2.05) is 6.92 Å². The third kappa shape index (κ3) is 10.3. The van der Waals surface area contributed by atoms with Gasteiger partial charge in [0.2, 0.25) is 0 Å². The van der Waals surface area contributed by atoms with E-state index in [1.165, 1.54) is 6.04 Å². The first-order valence-corrected chi connectivity index (χ1v) is 13.9. The first-order chi connectivity index (χ1) is 7.91. The molecule has 0 bridgehead atoms. The lowest BCUT2D eigenvalue weighted by molar-refractivity contribution is 0.169. The van der Waals surface area contributed by atoms with Crippen LogP contribution in [-0.4, -0.2) is 39.8 Å². The van der Waals surface area contributed by atoms with Crippen LogP contribution in [-0.2, 0) is 0 Å². The van der Waals surface area contributed by atoms with Crippen LogP contribution in [0.25, 0.3) is 0 Å². The van der Waals surface area contributed by atoms with Gasteiger partial charge in [0.25, 0.3) is 0 Å². The molecular formula is C13H34N2OSi2. The Balaban J connectivity index is 4.17.